The first kappa shape index (κ1) is 13.7. The summed E-state index contributed by atoms with van der Waals surface area (Å²) in [6.07, 6.45) is 1.29. The molecule has 1 aliphatic rings. The number of hydrogen-bond acceptors (Lipinski definition) is 5. The smallest absolute Gasteiger partial charge is 0.323 e. The van der Waals surface area contributed by atoms with Gasteiger partial charge in [-0.3, -0.25) is 14.5 Å². The number of hydrogen-bond donors (Lipinski definition) is 2. The zero-order valence-corrected chi connectivity index (χ0v) is 9.89. The van der Waals surface area contributed by atoms with Crippen LogP contribution in [0.4, 0.5) is 0 Å². The lowest BCUT2D eigenvalue weighted by atomic mass is 10.2. The highest BCUT2D eigenvalue weighted by molar-refractivity contribution is 5.81. The van der Waals surface area contributed by atoms with Gasteiger partial charge in [0.2, 0.25) is 5.91 Å². The van der Waals surface area contributed by atoms with Crippen molar-refractivity contribution in [1.82, 2.24) is 10.2 Å². The summed E-state index contributed by atoms with van der Waals surface area (Å²) in [6.45, 7) is 4.26. The van der Waals surface area contributed by atoms with Crippen LogP contribution in [0.1, 0.15) is 6.42 Å². The average molecular weight is 242 g/mol. The number of esters is 1. The molecule has 1 fully saturated rings. The minimum absolute atomic E-state index is 0.0741. The van der Waals surface area contributed by atoms with Crippen molar-refractivity contribution in [2.75, 3.05) is 26.7 Å². The zero-order chi connectivity index (χ0) is 12.8. The van der Waals surface area contributed by atoms with Gasteiger partial charge in [-0.1, -0.05) is 6.08 Å². The highest BCUT2D eigenvalue weighted by atomic mass is 16.5. The van der Waals surface area contributed by atoms with Gasteiger partial charge < -0.3 is 15.2 Å². The van der Waals surface area contributed by atoms with Crippen molar-refractivity contribution < 1.29 is 19.4 Å². The van der Waals surface area contributed by atoms with Gasteiger partial charge in [0.1, 0.15) is 6.04 Å². The molecule has 2 N–H and O–H groups in total. The second-order valence-corrected chi connectivity index (χ2v) is 3.95. The minimum atomic E-state index is -0.591. The molecule has 0 spiro atoms. The Kier molecular flexibility index (Phi) is 5.11. The Balaban J connectivity index is 2.52. The fraction of sp³-hybridized carbons (Fsp3) is 0.636. The summed E-state index contributed by atoms with van der Waals surface area (Å²) in [6, 6.07) is -0.538. The van der Waals surface area contributed by atoms with Gasteiger partial charge in [-0.2, -0.15) is 0 Å². The van der Waals surface area contributed by atoms with Crippen molar-refractivity contribution >= 4 is 11.9 Å². The summed E-state index contributed by atoms with van der Waals surface area (Å²) in [5.74, 6) is -0.619. The highest BCUT2D eigenvalue weighted by Crippen LogP contribution is 2.18. The first-order chi connectivity index (χ1) is 8.08. The lowest BCUT2D eigenvalue weighted by Gasteiger charge is -2.20. The number of β-amino-alcohol motifs (C(OH)–C–C–N with tert-alkyl or cyclic N) is 1. The van der Waals surface area contributed by atoms with Crippen LogP contribution in [-0.2, 0) is 14.3 Å². The van der Waals surface area contributed by atoms with Crippen LogP contribution in [0.25, 0.3) is 0 Å². The Bertz CT molecular complexity index is 306. The zero-order valence-electron chi connectivity index (χ0n) is 9.89. The van der Waals surface area contributed by atoms with Gasteiger partial charge in [-0.25, -0.2) is 0 Å². The van der Waals surface area contributed by atoms with Gasteiger partial charge in [0.15, 0.2) is 0 Å². The van der Waals surface area contributed by atoms with Gasteiger partial charge >= 0.3 is 5.97 Å². The SMILES string of the molecule is C=CCNC(=O)CN1CC(O)CC1C(=O)OC. The Hall–Kier alpha value is -1.40. The second-order valence-electron chi connectivity index (χ2n) is 3.95. The van der Waals surface area contributed by atoms with E-state index in [0.29, 0.717) is 19.5 Å². The molecule has 2 unspecified atom stereocenters. The molecule has 17 heavy (non-hydrogen) atoms. The van der Waals surface area contributed by atoms with Crippen molar-refractivity contribution in [3.05, 3.63) is 12.7 Å². The molecule has 0 aromatic carbocycles. The molecular formula is C11H18N2O4. The van der Waals surface area contributed by atoms with E-state index in [4.69, 9.17) is 0 Å². The van der Waals surface area contributed by atoms with E-state index in [1.807, 2.05) is 0 Å². The van der Waals surface area contributed by atoms with Gasteiger partial charge in [0, 0.05) is 19.5 Å². The van der Waals surface area contributed by atoms with Gasteiger partial charge in [0.05, 0.1) is 19.8 Å². The third-order valence-electron chi connectivity index (χ3n) is 2.64. The highest BCUT2D eigenvalue weighted by Gasteiger charge is 2.37. The van der Waals surface area contributed by atoms with E-state index in [1.165, 1.54) is 7.11 Å². The van der Waals surface area contributed by atoms with E-state index in [0.717, 1.165) is 0 Å². The molecule has 0 saturated carbocycles. The molecule has 2 atom stereocenters. The molecule has 1 amide bonds. The maximum Gasteiger partial charge on any atom is 0.323 e. The summed E-state index contributed by atoms with van der Waals surface area (Å²) >= 11 is 0. The molecule has 0 aromatic heterocycles. The molecule has 1 rings (SSSR count). The van der Waals surface area contributed by atoms with Crippen LogP contribution in [0, 0.1) is 0 Å². The first-order valence-corrected chi connectivity index (χ1v) is 5.46. The monoisotopic (exact) mass is 242 g/mol. The summed E-state index contributed by atoms with van der Waals surface area (Å²) in [5.41, 5.74) is 0. The quantitative estimate of drug-likeness (QED) is 0.472. The number of aliphatic hydroxyl groups is 1. The molecule has 1 aliphatic heterocycles. The predicted octanol–water partition coefficient (Wildman–Crippen LogP) is -1.10. The Labute approximate surface area is 100 Å². The topological polar surface area (TPSA) is 78.9 Å². The number of amides is 1. The van der Waals surface area contributed by atoms with Crippen LogP contribution in [0.5, 0.6) is 0 Å². The normalized spacial score (nSPS) is 24.4. The van der Waals surface area contributed by atoms with E-state index in [-0.39, 0.29) is 12.5 Å². The number of methoxy groups -OCH3 is 1. The molecule has 0 aliphatic carbocycles. The number of carbonyl (C=O) groups excluding carboxylic acids is 2. The number of nitrogens with one attached hydrogen (secondary N) is 1. The van der Waals surface area contributed by atoms with E-state index >= 15 is 0 Å². The summed E-state index contributed by atoms with van der Waals surface area (Å²) in [5, 5.41) is 12.1. The van der Waals surface area contributed by atoms with E-state index in [9.17, 15) is 14.7 Å². The van der Waals surface area contributed by atoms with Crippen LogP contribution in [-0.4, -0.2) is 60.8 Å². The Morgan fingerprint density at radius 2 is 2.35 bits per heavy atom. The summed E-state index contributed by atoms with van der Waals surface area (Å²) in [4.78, 5) is 24.5. The molecule has 0 aromatic rings. The number of likely N-dealkylation sites (tertiary alicyclic amines) is 1. The molecule has 0 bridgehead atoms. The van der Waals surface area contributed by atoms with Crippen LogP contribution in [0.15, 0.2) is 12.7 Å². The summed E-state index contributed by atoms with van der Waals surface area (Å²) < 4.78 is 4.64. The minimum Gasteiger partial charge on any atom is -0.468 e. The van der Waals surface area contributed by atoms with Gasteiger partial charge in [0.25, 0.3) is 0 Å². The van der Waals surface area contributed by atoms with E-state index in [2.05, 4.69) is 16.6 Å². The van der Waals surface area contributed by atoms with Crippen LogP contribution < -0.4 is 5.32 Å². The van der Waals surface area contributed by atoms with Gasteiger partial charge in [-0.05, 0) is 0 Å². The van der Waals surface area contributed by atoms with Gasteiger partial charge in [-0.15, -0.1) is 6.58 Å². The molecule has 1 saturated heterocycles. The predicted molar refractivity (Wildman–Crippen MR) is 61.2 cm³/mol. The third kappa shape index (κ3) is 3.83. The number of nitrogens with zero attached hydrogens (tertiary/aromatic N) is 1. The number of ether oxygens (including phenoxy) is 1. The fourth-order valence-electron chi connectivity index (χ4n) is 1.86. The van der Waals surface area contributed by atoms with Crippen LogP contribution >= 0.6 is 0 Å². The summed E-state index contributed by atoms with van der Waals surface area (Å²) in [7, 11) is 1.29. The average Bonchev–Trinajstić information content (AvgIpc) is 2.66. The van der Waals surface area contributed by atoms with Crippen LogP contribution in [0.3, 0.4) is 0 Å². The molecule has 6 heteroatoms. The molecule has 96 valence electrons. The maximum absolute atomic E-state index is 11.5. The number of rotatable bonds is 5. The molecule has 6 nitrogen and oxygen atoms in total. The number of aliphatic hydroxyl groups excluding tert-OH is 1. The van der Waals surface area contributed by atoms with E-state index < -0.39 is 18.1 Å². The van der Waals surface area contributed by atoms with Crippen LogP contribution in [0.2, 0.25) is 0 Å². The lowest BCUT2D eigenvalue weighted by Crippen LogP contribution is -2.43. The van der Waals surface area contributed by atoms with Crippen molar-refractivity contribution in [3.63, 3.8) is 0 Å². The van der Waals surface area contributed by atoms with E-state index in [1.54, 1.807) is 11.0 Å². The van der Waals surface area contributed by atoms with Crippen molar-refractivity contribution in [2.24, 2.45) is 0 Å². The second kappa shape index (κ2) is 6.36. The van der Waals surface area contributed by atoms with Crippen molar-refractivity contribution in [1.29, 1.82) is 0 Å². The van der Waals surface area contributed by atoms with Crippen molar-refractivity contribution in [2.45, 2.75) is 18.6 Å². The molecule has 1 heterocycles. The Morgan fingerprint density at radius 3 is 2.94 bits per heavy atom. The standard InChI is InChI=1S/C11H18N2O4/c1-3-4-12-10(15)7-13-6-8(14)5-9(13)11(16)17-2/h3,8-9,14H,1,4-7H2,2H3,(H,12,15). The number of carbonyl (C=O) groups is 2. The first-order valence-electron chi connectivity index (χ1n) is 5.46. The largest absolute Gasteiger partial charge is 0.468 e. The third-order valence-corrected chi connectivity index (χ3v) is 2.64. The maximum atomic E-state index is 11.5. The Morgan fingerprint density at radius 1 is 1.65 bits per heavy atom. The molecular weight excluding hydrogens is 224 g/mol. The molecule has 0 radical (unpaired) electrons. The fourth-order valence-corrected chi connectivity index (χ4v) is 1.86. The van der Waals surface area contributed by atoms with Crippen molar-refractivity contribution in [3.8, 4) is 0 Å². The lowest BCUT2D eigenvalue weighted by molar-refractivity contribution is -0.146.